The average Bonchev–Trinajstić information content (AvgIpc) is 2.42. The molecule has 0 saturated heterocycles. The van der Waals surface area contributed by atoms with Crippen molar-refractivity contribution in [2.75, 3.05) is 0 Å². The van der Waals surface area contributed by atoms with E-state index >= 15 is 0 Å². The van der Waals surface area contributed by atoms with Crippen molar-refractivity contribution < 1.29 is 4.39 Å². The molecule has 0 radical (unpaired) electrons. The van der Waals surface area contributed by atoms with E-state index in [1.54, 1.807) is 6.07 Å². The van der Waals surface area contributed by atoms with Crippen molar-refractivity contribution in [2.24, 2.45) is 5.92 Å². The summed E-state index contributed by atoms with van der Waals surface area (Å²) in [5.41, 5.74) is 2.13. The second-order valence-electron chi connectivity index (χ2n) is 5.42. The third-order valence-electron chi connectivity index (χ3n) is 3.54. The van der Waals surface area contributed by atoms with Crippen LogP contribution in [-0.2, 0) is 6.42 Å². The second-order valence-corrected chi connectivity index (χ2v) is 5.42. The Hall–Kier alpha value is -0.850. The van der Waals surface area contributed by atoms with Gasteiger partial charge >= 0.3 is 0 Å². The quantitative estimate of drug-likeness (QED) is 0.563. The SMILES string of the molecule is CC.CCC(C)CCCc1ccc(F)c(C(C)C)c1. The van der Waals surface area contributed by atoms with Gasteiger partial charge in [0.1, 0.15) is 5.82 Å². The monoisotopic (exact) mass is 266 g/mol. The molecule has 1 aromatic carbocycles. The van der Waals surface area contributed by atoms with Gasteiger partial charge in [-0.25, -0.2) is 4.39 Å². The molecular formula is C18H31F. The predicted octanol–water partition coefficient (Wildman–Crippen LogP) is 6.34. The van der Waals surface area contributed by atoms with Crippen molar-refractivity contribution in [3.8, 4) is 0 Å². The van der Waals surface area contributed by atoms with Gasteiger partial charge in [0.25, 0.3) is 0 Å². The molecule has 1 aromatic rings. The first-order chi connectivity index (χ1) is 9.04. The molecule has 0 bridgehead atoms. The Labute approximate surface area is 119 Å². The molecule has 0 N–H and O–H groups in total. The standard InChI is InChI=1S/C16H25F.C2H6/c1-5-13(4)7-6-8-14-9-10-16(17)15(11-14)12(2)3;1-2/h9-13H,5-8H2,1-4H3;1-2H3. The fourth-order valence-electron chi connectivity index (χ4n) is 2.05. The van der Waals surface area contributed by atoms with Crippen molar-refractivity contribution in [3.63, 3.8) is 0 Å². The summed E-state index contributed by atoms with van der Waals surface area (Å²) in [7, 11) is 0. The Balaban J connectivity index is 0.00000154. The summed E-state index contributed by atoms with van der Waals surface area (Å²) in [6, 6.07) is 5.59. The van der Waals surface area contributed by atoms with E-state index in [9.17, 15) is 4.39 Å². The molecule has 1 atom stereocenters. The molecule has 0 heterocycles. The van der Waals surface area contributed by atoms with E-state index in [1.165, 1.54) is 24.8 Å². The molecule has 0 amide bonds. The molecular weight excluding hydrogens is 235 g/mol. The van der Waals surface area contributed by atoms with Crippen LogP contribution in [0.25, 0.3) is 0 Å². The van der Waals surface area contributed by atoms with E-state index < -0.39 is 0 Å². The zero-order valence-corrected chi connectivity index (χ0v) is 13.6. The number of hydrogen-bond acceptors (Lipinski definition) is 0. The van der Waals surface area contributed by atoms with Crippen LogP contribution in [0.5, 0.6) is 0 Å². The fraction of sp³-hybridized carbons (Fsp3) is 0.667. The number of hydrogen-bond donors (Lipinski definition) is 0. The summed E-state index contributed by atoms with van der Waals surface area (Å²) < 4.78 is 13.5. The molecule has 0 spiro atoms. The summed E-state index contributed by atoms with van der Waals surface area (Å²) in [5, 5.41) is 0. The molecule has 0 fully saturated rings. The van der Waals surface area contributed by atoms with E-state index in [0.29, 0.717) is 0 Å². The van der Waals surface area contributed by atoms with Crippen molar-refractivity contribution in [3.05, 3.63) is 35.1 Å². The Bertz CT molecular complexity index is 342. The van der Waals surface area contributed by atoms with Gasteiger partial charge in [0.2, 0.25) is 0 Å². The van der Waals surface area contributed by atoms with E-state index in [2.05, 4.69) is 13.8 Å². The highest BCUT2D eigenvalue weighted by Gasteiger charge is 2.07. The minimum Gasteiger partial charge on any atom is -0.207 e. The van der Waals surface area contributed by atoms with Gasteiger partial charge in [0.05, 0.1) is 0 Å². The highest BCUT2D eigenvalue weighted by molar-refractivity contribution is 5.27. The third kappa shape index (κ3) is 6.75. The van der Waals surface area contributed by atoms with Gasteiger partial charge in [-0.2, -0.15) is 0 Å². The molecule has 19 heavy (non-hydrogen) atoms. The lowest BCUT2D eigenvalue weighted by Gasteiger charge is -2.11. The Morgan fingerprint density at radius 2 is 1.74 bits per heavy atom. The van der Waals surface area contributed by atoms with Crippen molar-refractivity contribution in [1.82, 2.24) is 0 Å². The second kappa shape index (κ2) is 10.00. The first-order valence-electron chi connectivity index (χ1n) is 7.82. The lowest BCUT2D eigenvalue weighted by molar-refractivity contribution is 0.495. The molecule has 0 aromatic heterocycles. The molecule has 0 aliphatic rings. The van der Waals surface area contributed by atoms with Crippen molar-refractivity contribution >= 4 is 0 Å². The average molecular weight is 266 g/mol. The van der Waals surface area contributed by atoms with Crippen LogP contribution >= 0.6 is 0 Å². The van der Waals surface area contributed by atoms with Crippen LogP contribution in [0.3, 0.4) is 0 Å². The van der Waals surface area contributed by atoms with Crippen molar-refractivity contribution in [2.45, 2.75) is 73.1 Å². The lowest BCUT2D eigenvalue weighted by atomic mass is 9.96. The van der Waals surface area contributed by atoms with Crippen LogP contribution in [0.2, 0.25) is 0 Å². The minimum absolute atomic E-state index is 0.0642. The molecule has 0 saturated carbocycles. The summed E-state index contributed by atoms with van der Waals surface area (Å²) >= 11 is 0. The van der Waals surface area contributed by atoms with Crippen LogP contribution in [0.4, 0.5) is 4.39 Å². The Morgan fingerprint density at radius 1 is 1.11 bits per heavy atom. The maximum atomic E-state index is 13.5. The van der Waals surface area contributed by atoms with Gasteiger partial charge in [-0.15, -0.1) is 0 Å². The number of aryl methyl sites for hydroxylation is 1. The smallest absolute Gasteiger partial charge is 0.126 e. The van der Waals surface area contributed by atoms with Crippen LogP contribution in [0.1, 0.15) is 77.8 Å². The normalized spacial score (nSPS) is 12.0. The van der Waals surface area contributed by atoms with E-state index in [0.717, 1.165) is 17.9 Å². The van der Waals surface area contributed by atoms with Crippen molar-refractivity contribution in [1.29, 1.82) is 0 Å². The fourth-order valence-corrected chi connectivity index (χ4v) is 2.05. The number of benzene rings is 1. The largest absolute Gasteiger partial charge is 0.207 e. The molecule has 1 unspecified atom stereocenters. The van der Waals surface area contributed by atoms with Crippen LogP contribution in [0.15, 0.2) is 18.2 Å². The maximum Gasteiger partial charge on any atom is 0.126 e. The van der Waals surface area contributed by atoms with E-state index in [-0.39, 0.29) is 11.7 Å². The Kier molecular flexibility index (Phi) is 9.55. The molecule has 0 nitrogen and oxygen atoms in total. The molecule has 1 rings (SSSR count). The zero-order valence-electron chi connectivity index (χ0n) is 13.6. The summed E-state index contributed by atoms with van der Waals surface area (Å²) in [5.74, 6) is 1.01. The molecule has 110 valence electrons. The van der Waals surface area contributed by atoms with E-state index in [1.807, 2.05) is 39.8 Å². The highest BCUT2D eigenvalue weighted by atomic mass is 19.1. The maximum absolute atomic E-state index is 13.5. The zero-order chi connectivity index (χ0) is 14.8. The molecule has 0 aliphatic heterocycles. The van der Waals surface area contributed by atoms with Gasteiger partial charge in [-0.05, 0) is 41.9 Å². The van der Waals surface area contributed by atoms with Gasteiger partial charge in [0, 0.05) is 0 Å². The summed E-state index contributed by atoms with van der Waals surface area (Å²) in [4.78, 5) is 0. The third-order valence-corrected chi connectivity index (χ3v) is 3.54. The first-order valence-corrected chi connectivity index (χ1v) is 7.82. The highest BCUT2D eigenvalue weighted by Crippen LogP contribution is 2.21. The summed E-state index contributed by atoms with van der Waals surface area (Å²) in [6.07, 6.45) is 4.80. The molecule has 0 aliphatic carbocycles. The van der Waals surface area contributed by atoms with Gasteiger partial charge in [-0.3, -0.25) is 0 Å². The molecule has 1 heteroatoms. The Morgan fingerprint density at radius 3 is 2.26 bits per heavy atom. The van der Waals surface area contributed by atoms with Gasteiger partial charge in [-0.1, -0.05) is 66.5 Å². The van der Waals surface area contributed by atoms with Gasteiger partial charge < -0.3 is 0 Å². The number of rotatable bonds is 6. The minimum atomic E-state index is -0.0642. The van der Waals surface area contributed by atoms with Gasteiger partial charge in [0.15, 0.2) is 0 Å². The van der Waals surface area contributed by atoms with Crippen LogP contribution in [-0.4, -0.2) is 0 Å². The predicted molar refractivity (Wildman–Crippen MR) is 84.2 cm³/mol. The number of halogens is 1. The topological polar surface area (TPSA) is 0 Å². The lowest BCUT2D eigenvalue weighted by Crippen LogP contribution is -1.97. The van der Waals surface area contributed by atoms with E-state index in [4.69, 9.17) is 0 Å². The van der Waals surface area contributed by atoms with Crippen LogP contribution in [0, 0.1) is 11.7 Å². The summed E-state index contributed by atoms with van der Waals surface area (Å²) in [6.45, 7) is 12.6. The first kappa shape index (κ1) is 18.1. The van der Waals surface area contributed by atoms with Crippen LogP contribution < -0.4 is 0 Å².